The van der Waals surface area contributed by atoms with E-state index in [0.29, 0.717) is 6.54 Å². The summed E-state index contributed by atoms with van der Waals surface area (Å²) in [6.07, 6.45) is 3.42. The minimum absolute atomic E-state index is 0.0739. The molecule has 0 aromatic rings. The summed E-state index contributed by atoms with van der Waals surface area (Å²) in [5, 5.41) is 2.97. The number of likely N-dealkylation sites (N-methyl/N-ethyl adjacent to an activating group) is 1. The Balaban J connectivity index is 3.86. The molecule has 0 bridgehead atoms. The molecule has 0 radical (unpaired) electrons. The fraction of sp³-hybridized carbons (Fsp3) is 0.917. The van der Waals surface area contributed by atoms with Crippen molar-refractivity contribution in [3.63, 3.8) is 0 Å². The lowest BCUT2D eigenvalue weighted by Gasteiger charge is -2.26. The molecule has 1 unspecified atom stereocenters. The van der Waals surface area contributed by atoms with Gasteiger partial charge in [0, 0.05) is 19.6 Å². The first-order valence-corrected chi connectivity index (χ1v) is 6.39. The molecule has 0 aliphatic rings. The summed E-state index contributed by atoms with van der Waals surface area (Å²) in [5.74, 6) is 0.117. The van der Waals surface area contributed by atoms with Crippen LogP contribution in [-0.2, 0) is 4.79 Å². The molecule has 0 fully saturated rings. The molecule has 0 aliphatic carbocycles. The molecule has 0 saturated heterocycles. The third-order valence-corrected chi connectivity index (χ3v) is 2.83. The maximum atomic E-state index is 11.8. The highest BCUT2D eigenvalue weighted by Crippen LogP contribution is 1.98. The normalized spacial score (nSPS) is 12.8. The van der Waals surface area contributed by atoms with Crippen LogP contribution in [0.5, 0.6) is 0 Å². The van der Waals surface area contributed by atoms with E-state index in [1.807, 2.05) is 6.92 Å². The fourth-order valence-electron chi connectivity index (χ4n) is 1.69. The van der Waals surface area contributed by atoms with Crippen LogP contribution in [0.4, 0.5) is 0 Å². The van der Waals surface area contributed by atoms with Gasteiger partial charge in [-0.2, -0.15) is 0 Å². The van der Waals surface area contributed by atoms with Gasteiger partial charge in [-0.25, -0.2) is 0 Å². The first-order valence-electron chi connectivity index (χ1n) is 6.39. The van der Waals surface area contributed by atoms with Crippen LogP contribution in [0.25, 0.3) is 0 Å². The van der Waals surface area contributed by atoms with Crippen molar-refractivity contribution in [1.29, 1.82) is 0 Å². The molecule has 3 N–H and O–H groups in total. The predicted molar refractivity (Wildman–Crippen MR) is 68.3 cm³/mol. The Hall–Kier alpha value is -0.610. The number of hydrogen-bond donors (Lipinski definition) is 2. The average Bonchev–Trinajstić information content (AvgIpc) is 2.30. The van der Waals surface area contributed by atoms with Gasteiger partial charge in [-0.15, -0.1) is 0 Å². The van der Waals surface area contributed by atoms with Crippen LogP contribution in [-0.4, -0.2) is 43.0 Å². The lowest BCUT2D eigenvalue weighted by molar-refractivity contribution is -0.125. The molecule has 0 rings (SSSR count). The van der Waals surface area contributed by atoms with E-state index < -0.39 is 0 Å². The zero-order chi connectivity index (χ0) is 12.4. The van der Waals surface area contributed by atoms with Crippen LogP contribution in [0.3, 0.4) is 0 Å². The molecule has 0 aliphatic heterocycles. The molecule has 1 amide bonds. The summed E-state index contributed by atoms with van der Waals surface area (Å²) < 4.78 is 0. The van der Waals surface area contributed by atoms with Crippen LogP contribution in [0.15, 0.2) is 0 Å². The molecule has 1 atom stereocenters. The van der Waals surface area contributed by atoms with Crippen molar-refractivity contribution < 1.29 is 4.79 Å². The standard InChI is InChI=1S/C12H27N3O/c1-4-6-7-9-14-12(16)11(3)15(5-2)10-8-13/h11H,4-10,13H2,1-3H3,(H,14,16). The minimum atomic E-state index is -0.0739. The summed E-state index contributed by atoms with van der Waals surface area (Å²) >= 11 is 0. The second-order valence-corrected chi connectivity index (χ2v) is 4.09. The molecular formula is C12H27N3O. The number of carbonyl (C=O) groups is 1. The minimum Gasteiger partial charge on any atom is -0.355 e. The highest BCUT2D eigenvalue weighted by molar-refractivity contribution is 5.81. The number of rotatable bonds is 9. The average molecular weight is 229 g/mol. The Labute approximate surface area is 99.6 Å². The molecule has 16 heavy (non-hydrogen) atoms. The van der Waals surface area contributed by atoms with Crippen molar-refractivity contribution in [3.8, 4) is 0 Å². The van der Waals surface area contributed by atoms with E-state index in [0.717, 1.165) is 26.1 Å². The topological polar surface area (TPSA) is 58.4 Å². The molecule has 0 heterocycles. The lowest BCUT2D eigenvalue weighted by Crippen LogP contribution is -2.46. The monoisotopic (exact) mass is 229 g/mol. The van der Waals surface area contributed by atoms with E-state index in [1.54, 1.807) is 0 Å². The number of nitrogens with two attached hydrogens (primary N) is 1. The summed E-state index contributed by atoms with van der Waals surface area (Å²) in [4.78, 5) is 13.9. The Morgan fingerprint density at radius 3 is 2.56 bits per heavy atom. The largest absolute Gasteiger partial charge is 0.355 e. The smallest absolute Gasteiger partial charge is 0.237 e. The number of carbonyl (C=O) groups excluding carboxylic acids is 1. The first-order chi connectivity index (χ1) is 7.67. The molecule has 4 heteroatoms. The summed E-state index contributed by atoms with van der Waals surface area (Å²) in [6.45, 7) is 9.18. The van der Waals surface area contributed by atoms with Crippen LogP contribution in [0, 0.1) is 0 Å². The third kappa shape index (κ3) is 6.08. The van der Waals surface area contributed by atoms with Gasteiger partial charge in [0.05, 0.1) is 6.04 Å². The van der Waals surface area contributed by atoms with E-state index in [2.05, 4.69) is 24.1 Å². The Bertz CT molecular complexity index is 185. The highest BCUT2D eigenvalue weighted by Gasteiger charge is 2.18. The number of unbranched alkanes of at least 4 members (excludes halogenated alkanes) is 2. The Morgan fingerprint density at radius 1 is 1.38 bits per heavy atom. The van der Waals surface area contributed by atoms with Crippen molar-refractivity contribution >= 4 is 5.91 Å². The third-order valence-electron chi connectivity index (χ3n) is 2.83. The van der Waals surface area contributed by atoms with Crippen molar-refractivity contribution in [2.75, 3.05) is 26.2 Å². The van der Waals surface area contributed by atoms with Gasteiger partial charge in [-0.05, 0) is 19.9 Å². The van der Waals surface area contributed by atoms with Crippen molar-refractivity contribution in [1.82, 2.24) is 10.2 Å². The van der Waals surface area contributed by atoms with Gasteiger partial charge < -0.3 is 11.1 Å². The highest BCUT2D eigenvalue weighted by atomic mass is 16.2. The fourth-order valence-corrected chi connectivity index (χ4v) is 1.69. The summed E-state index contributed by atoms with van der Waals surface area (Å²) in [5.41, 5.74) is 5.51. The number of nitrogens with one attached hydrogen (secondary N) is 1. The maximum Gasteiger partial charge on any atom is 0.237 e. The van der Waals surface area contributed by atoms with E-state index in [-0.39, 0.29) is 11.9 Å². The molecule has 0 spiro atoms. The van der Waals surface area contributed by atoms with E-state index in [4.69, 9.17) is 5.73 Å². The molecular weight excluding hydrogens is 202 g/mol. The maximum absolute atomic E-state index is 11.8. The summed E-state index contributed by atoms with van der Waals surface area (Å²) in [7, 11) is 0. The number of amides is 1. The molecule has 0 aromatic heterocycles. The zero-order valence-corrected chi connectivity index (χ0v) is 11.0. The quantitative estimate of drug-likeness (QED) is 0.579. The second-order valence-electron chi connectivity index (χ2n) is 4.09. The van der Waals surface area contributed by atoms with Gasteiger partial charge in [0.15, 0.2) is 0 Å². The second kappa shape index (κ2) is 9.60. The Kier molecular flexibility index (Phi) is 9.24. The van der Waals surface area contributed by atoms with Gasteiger partial charge in [0.2, 0.25) is 5.91 Å². The first kappa shape index (κ1) is 15.4. The van der Waals surface area contributed by atoms with Crippen LogP contribution in [0.1, 0.15) is 40.0 Å². The van der Waals surface area contributed by atoms with E-state index >= 15 is 0 Å². The van der Waals surface area contributed by atoms with Crippen LogP contribution >= 0.6 is 0 Å². The van der Waals surface area contributed by atoms with Crippen LogP contribution in [0.2, 0.25) is 0 Å². The van der Waals surface area contributed by atoms with Gasteiger partial charge in [0.1, 0.15) is 0 Å². The molecule has 96 valence electrons. The van der Waals surface area contributed by atoms with Crippen molar-refractivity contribution in [2.24, 2.45) is 5.73 Å². The van der Waals surface area contributed by atoms with Crippen LogP contribution < -0.4 is 11.1 Å². The van der Waals surface area contributed by atoms with Crippen molar-refractivity contribution in [3.05, 3.63) is 0 Å². The molecule has 0 aromatic carbocycles. The predicted octanol–water partition coefficient (Wildman–Crippen LogP) is 0.962. The van der Waals surface area contributed by atoms with Gasteiger partial charge in [-0.1, -0.05) is 26.7 Å². The van der Waals surface area contributed by atoms with E-state index in [9.17, 15) is 4.79 Å². The van der Waals surface area contributed by atoms with Gasteiger partial charge >= 0.3 is 0 Å². The van der Waals surface area contributed by atoms with Gasteiger partial charge in [0.25, 0.3) is 0 Å². The van der Waals surface area contributed by atoms with Gasteiger partial charge in [-0.3, -0.25) is 9.69 Å². The number of hydrogen-bond acceptors (Lipinski definition) is 3. The van der Waals surface area contributed by atoms with E-state index in [1.165, 1.54) is 12.8 Å². The summed E-state index contributed by atoms with van der Waals surface area (Å²) in [6, 6.07) is -0.0739. The molecule has 0 saturated carbocycles. The number of nitrogens with zero attached hydrogens (tertiary/aromatic N) is 1. The lowest BCUT2D eigenvalue weighted by atomic mass is 10.2. The zero-order valence-electron chi connectivity index (χ0n) is 11.0. The Morgan fingerprint density at radius 2 is 2.06 bits per heavy atom. The van der Waals surface area contributed by atoms with Crippen molar-refractivity contribution in [2.45, 2.75) is 46.1 Å². The molecule has 4 nitrogen and oxygen atoms in total. The SMILES string of the molecule is CCCCCNC(=O)C(C)N(CC)CCN.